The normalized spacial score (nSPS) is 11.8. The molecule has 94 heavy (non-hydrogen) atoms. The Hall–Kier alpha value is -3.87. The Morgan fingerprint density at radius 2 is 0.660 bits per heavy atom. The summed E-state index contributed by atoms with van der Waals surface area (Å²) in [6.45, 7) is 13.0. The van der Waals surface area contributed by atoms with E-state index in [2.05, 4.69) is 112 Å². The van der Waals surface area contributed by atoms with Gasteiger partial charge in [0.2, 0.25) is 0 Å². The minimum atomic E-state index is -0.385. The van der Waals surface area contributed by atoms with Gasteiger partial charge in [0.05, 0.1) is 17.1 Å². The zero-order chi connectivity index (χ0) is 66.8. The molecule has 0 saturated carbocycles. The number of nitrogens with zero attached hydrogens (tertiary/aromatic N) is 2. The van der Waals surface area contributed by atoms with Gasteiger partial charge in [-0.1, -0.05) is 415 Å². The van der Waals surface area contributed by atoms with Crippen LogP contribution in [0.1, 0.15) is 416 Å². The Morgan fingerprint density at radius 1 is 0.351 bits per heavy atom. The molecular weight excluding hydrogens is 1190 g/mol. The van der Waals surface area contributed by atoms with Gasteiger partial charge in [-0.05, 0) is 105 Å². The van der Waals surface area contributed by atoms with E-state index < -0.39 is 0 Å². The fourth-order valence-electron chi connectivity index (χ4n) is 12.8. The van der Waals surface area contributed by atoms with Crippen LogP contribution in [0.4, 0.5) is 11.4 Å². The van der Waals surface area contributed by atoms with Crippen LogP contribution in [0.3, 0.4) is 0 Å². The number of benzene rings is 3. The summed E-state index contributed by atoms with van der Waals surface area (Å²) in [6, 6.07) is 20.6. The number of hydrogen-bond donors (Lipinski definition) is 0. The quantitative estimate of drug-likeness (QED) is 0.0245. The second kappa shape index (κ2) is 67.7. The molecule has 0 amide bonds. The van der Waals surface area contributed by atoms with E-state index >= 15 is 0 Å². The van der Waals surface area contributed by atoms with Crippen molar-refractivity contribution >= 4 is 35.0 Å². The first kappa shape index (κ1) is 88.1. The van der Waals surface area contributed by atoms with Crippen LogP contribution in [0.2, 0.25) is 0 Å². The summed E-state index contributed by atoms with van der Waals surface area (Å²) in [7, 11) is 0. The monoisotopic (exact) mass is 1330 g/mol. The topological polar surface area (TPSA) is 70.8 Å². The van der Waals surface area contributed by atoms with Crippen molar-refractivity contribution in [3.63, 3.8) is 0 Å². The first-order chi connectivity index (χ1) is 45.9. The summed E-state index contributed by atoms with van der Waals surface area (Å²) in [5.74, 6) is 6.39. The molecule has 0 saturated heterocycles. The molecule has 0 atom stereocenters. The van der Waals surface area contributed by atoms with Gasteiger partial charge < -0.3 is 10.2 Å². The molecule has 0 N–H and O–H groups in total. The van der Waals surface area contributed by atoms with Crippen LogP contribution in [0.15, 0.2) is 82.8 Å². The van der Waals surface area contributed by atoms with E-state index in [1.165, 1.54) is 325 Å². The van der Waals surface area contributed by atoms with Crippen molar-refractivity contribution in [2.45, 2.75) is 408 Å². The number of rotatable bonds is 61. The Labute approximate surface area is 594 Å². The molecule has 0 bridgehead atoms. The minimum absolute atomic E-state index is 0. The van der Waals surface area contributed by atoms with Crippen molar-refractivity contribution in [1.82, 2.24) is 0 Å². The number of allylic oxidation sites excluding steroid dienone is 2. The third-order valence-electron chi connectivity index (χ3n) is 19.0. The smallest absolute Gasteiger partial charge is 0.873 e. The van der Waals surface area contributed by atoms with E-state index in [1.54, 1.807) is 6.07 Å². The van der Waals surface area contributed by atoms with Crippen LogP contribution in [0.5, 0.6) is 11.5 Å². The largest absolute Gasteiger partial charge is 2.00 e. The van der Waals surface area contributed by atoms with E-state index in [4.69, 9.17) is 9.98 Å². The van der Waals surface area contributed by atoms with Crippen molar-refractivity contribution in [2.24, 2.45) is 9.98 Å². The molecule has 5 heteroatoms. The predicted molar refractivity (Wildman–Crippen MR) is 414 cm³/mol. The molecule has 0 heterocycles. The number of hydrogen-bond acceptors (Lipinski definition) is 4. The number of unbranched alkanes of at least 4 members (excludes halogenated alkanes) is 50. The molecule has 3 aromatic rings. The van der Waals surface area contributed by atoms with Gasteiger partial charge in [0.1, 0.15) is 5.71 Å². The van der Waals surface area contributed by atoms with E-state index in [0.29, 0.717) is 12.0 Å². The summed E-state index contributed by atoms with van der Waals surface area (Å²) in [4.78, 5) is 10.5. The molecule has 3 aromatic carbocycles. The third kappa shape index (κ3) is 52.3. The van der Waals surface area contributed by atoms with Crippen LogP contribution >= 0.6 is 0 Å². The minimum Gasteiger partial charge on any atom is -0.873 e. The molecule has 0 radical (unpaired) electrons. The fraction of sp³-hybridized carbons (Fsp3) is 0.708. The first-order valence-corrected chi connectivity index (χ1v) is 40.5. The average Bonchev–Trinajstić information content (AvgIpc) is 0.911. The van der Waals surface area contributed by atoms with Gasteiger partial charge in [-0.3, -0.25) is 4.99 Å². The molecule has 534 valence electrons. The van der Waals surface area contributed by atoms with E-state index in [0.717, 1.165) is 79.7 Å². The standard InChI is InChI=1S/C79H134N2.C10H14O2.Ni/c1-5-9-13-16-19-22-24-26-28-30-32-34-36-38-40-42-44-46-48-51-53-56-59-62-74-66-70-76(71-67-74)80-78(64-12-8-4)79(65-61-58-55-50-21-18-15-11-7-3)81-77-72-68-75(69-73-77)63-60-57-54-52-49-47-45-43-41-39-37-35-33-31-29-27-25-23-20-17-14-10-6-2;1-3-4-8-7(2)5-6-9(11)10(8)12;/h59-60,62-63,66-73H,5-58,64H2,1-4H3;5-6,11-12H,3-4H2,1-2H3;/q;;+2/p-2. The van der Waals surface area contributed by atoms with Crippen LogP contribution < -0.4 is 10.2 Å². The SMILES string of the molecule is CCCCCCCCCC#CC(=Nc1ccc(C=CCCCCCCCCCCCCCCCCCCCCCCC)cc1)C(CCCC)=Nc1ccc(C=CCCCCCCCCCCCCCCCCCCCCCCC)cc1.CCCc1c(C)ccc([O-])c1[O-].[Ni+2]. The van der Waals surface area contributed by atoms with Crippen molar-refractivity contribution < 1.29 is 26.7 Å². The Bertz CT molecular complexity index is 2320. The van der Waals surface area contributed by atoms with Crippen LogP contribution in [-0.2, 0) is 22.9 Å². The summed E-state index contributed by atoms with van der Waals surface area (Å²) in [5.41, 5.74) is 7.90. The third-order valence-corrected chi connectivity index (χ3v) is 19.0. The molecule has 0 fully saturated rings. The van der Waals surface area contributed by atoms with Gasteiger partial charge >= 0.3 is 16.5 Å². The first-order valence-electron chi connectivity index (χ1n) is 40.5. The van der Waals surface area contributed by atoms with E-state index in [1.807, 2.05) is 13.8 Å². The van der Waals surface area contributed by atoms with Crippen molar-refractivity contribution in [3.8, 4) is 23.3 Å². The molecule has 0 aromatic heterocycles. The maximum atomic E-state index is 11.3. The van der Waals surface area contributed by atoms with Crippen LogP contribution in [0, 0.1) is 18.8 Å². The second-order valence-electron chi connectivity index (χ2n) is 27.9. The van der Waals surface area contributed by atoms with E-state index in [-0.39, 0.29) is 28.0 Å². The average molecular weight is 1330 g/mol. The summed E-state index contributed by atoms with van der Waals surface area (Å²) in [6.07, 6.45) is 86.5. The summed E-state index contributed by atoms with van der Waals surface area (Å²) < 4.78 is 0. The van der Waals surface area contributed by atoms with Crippen molar-refractivity contribution in [1.29, 1.82) is 0 Å². The van der Waals surface area contributed by atoms with Crippen molar-refractivity contribution in [3.05, 3.63) is 95.1 Å². The maximum Gasteiger partial charge on any atom is 2.00 e. The van der Waals surface area contributed by atoms with Crippen molar-refractivity contribution in [2.75, 3.05) is 0 Å². The maximum absolute atomic E-state index is 11.3. The van der Waals surface area contributed by atoms with Crippen LogP contribution in [0.25, 0.3) is 12.2 Å². The zero-order valence-electron chi connectivity index (χ0n) is 62.4. The van der Waals surface area contributed by atoms with Gasteiger partial charge in [0, 0.05) is 6.42 Å². The van der Waals surface area contributed by atoms with Crippen LogP contribution in [-0.4, -0.2) is 11.4 Å². The molecule has 4 nitrogen and oxygen atoms in total. The van der Waals surface area contributed by atoms with Gasteiger partial charge in [0.25, 0.3) is 0 Å². The second-order valence-corrected chi connectivity index (χ2v) is 27.9. The summed E-state index contributed by atoms with van der Waals surface area (Å²) in [5, 5.41) is 22.2. The molecule has 0 aliphatic rings. The molecule has 0 aliphatic carbocycles. The number of aryl methyl sites for hydroxylation is 1. The molecule has 0 spiro atoms. The molecule has 0 aliphatic heterocycles. The Kier molecular flexibility index (Phi) is 63.5. The Morgan fingerprint density at radius 3 is 0.989 bits per heavy atom. The van der Waals surface area contributed by atoms with Gasteiger partial charge in [-0.25, -0.2) is 4.99 Å². The van der Waals surface area contributed by atoms with Gasteiger partial charge in [-0.15, -0.1) is 11.5 Å². The predicted octanol–water partition coefficient (Wildman–Crippen LogP) is 29.2. The molecule has 0 unspecified atom stereocenters. The molecular formula is C89H146N2NiO2. The number of aliphatic imine (C=N–C) groups is 2. The molecule has 3 rings (SSSR count). The summed E-state index contributed by atoms with van der Waals surface area (Å²) >= 11 is 0. The van der Waals surface area contributed by atoms with Gasteiger partial charge in [-0.2, -0.15) is 0 Å². The van der Waals surface area contributed by atoms with Gasteiger partial charge in [0.15, 0.2) is 0 Å². The van der Waals surface area contributed by atoms with E-state index in [9.17, 15) is 10.2 Å². The Balaban J connectivity index is 0.00000303. The fourth-order valence-corrected chi connectivity index (χ4v) is 12.8. The zero-order valence-corrected chi connectivity index (χ0v) is 63.4.